The van der Waals surface area contributed by atoms with E-state index in [1.54, 1.807) is 48.5 Å². The Morgan fingerprint density at radius 1 is 0.867 bits per heavy atom. The molecule has 0 aliphatic heterocycles. The highest BCUT2D eigenvalue weighted by Crippen LogP contribution is 2.33. The standard InChI is InChI=1S/C22H22N2O5S/c1-15-12-20(28-2)21(29-3)14-19(15)23-22(25)16-8-7-9-17(13-16)24-30(26,27)18-10-5-4-6-11-18/h4-14,24H,1-3H3,(H,23,25). The van der Waals surface area contributed by atoms with Crippen molar-refractivity contribution in [3.8, 4) is 11.5 Å². The zero-order valence-electron chi connectivity index (χ0n) is 16.8. The summed E-state index contributed by atoms with van der Waals surface area (Å²) < 4.78 is 38.1. The average Bonchev–Trinajstić information content (AvgIpc) is 2.75. The number of aryl methyl sites for hydroxylation is 1. The van der Waals surface area contributed by atoms with Gasteiger partial charge in [0.2, 0.25) is 0 Å². The van der Waals surface area contributed by atoms with E-state index in [1.807, 2.05) is 6.92 Å². The Kier molecular flexibility index (Phi) is 6.27. The molecule has 0 aliphatic carbocycles. The molecule has 0 unspecified atom stereocenters. The first-order chi connectivity index (χ1) is 14.3. The Morgan fingerprint density at radius 3 is 2.20 bits per heavy atom. The van der Waals surface area contributed by atoms with Crippen molar-refractivity contribution < 1.29 is 22.7 Å². The van der Waals surface area contributed by atoms with E-state index in [1.165, 1.54) is 32.4 Å². The van der Waals surface area contributed by atoms with Crippen molar-refractivity contribution in [2.45, 2.75) is 11.8 Å². The Morgan fingerprint density at radius 2 is 1.53 bits per heavy atom. The van der Waals surface area contributed by atoms with E-state index in [2.05, 4.69) is 10.0 Å². The number of ether oxygens (including phenoxy) is 2. The predicted molar refractivity (Wildman–Crippen MR) is 116 cm³/mol. The third kappa shape index (κ3) is 4.72. The van der Waals surface area contributed by atoms with Gasteiger partial charge in [0.25, 0.3) is 15.9 Å². The normalized spacial score (nSPS) is 10.9. The van der Waals surface area contributed by atoms with Crippen LogP contribution in [0.25, 0.3) is 0 Å². The van der Waals surface area contributed by atoms with Gasteiger partial charge in [0.15, 0.2) is 11.5 Å². The minimum Gasteiger partial charge on any atom is -0.493 e. The van der Waals surface area contributed by atoms with Gasteiger partial charge in [-0.05, 0) is 48.9 Å². The minimum atomic E-state index is -3.75. The van der Waals surface area contributed by atoms with E-state index < -0.39 is 10.0 Å². The molecule has 30 heavy (non-hydrogen) atoms. The second-order valence-corrected chi connectivity index (χ2v) is 8.16. The Bertz CT molecular complexity index is 1160. The molecular weight excluding hydrogens is 404 g/mol. The third-order valence-corrected chi connectivity index (χ3v) is 5.81. The molecule has 0 atom stereocenters. The third-order valence-electron chi connectivity index (χ3n) is 4.41. The maximum absolute atomic E-state index is 12.7. The summed E-state index contributed by atoms with van der Waals surface area (Å²) in [5.74, 6) is 0.666. The number of methoxy groups -OCH3 is 2. The van der Waals surface area contributed by atoms with Crippen molar-refractivity contribution in [2.75, 3.05) is 24.3 Å². The van der Waals surface area contributed by atoms with Gasteiger partial charge in [0.05, 0.1) is 19.1 Å². The monoisotopic (exact) mass is 426 g/mol. The summed E-state index contributed by atoms with van der Waals surface area (Å²) in [5, 5.41) is 2.82. The lowest BCUT2D eigenvalue weighted by Crippen LogP contribution is -2.15. The number of carbonyl (C=O) groups excluding carboxylic acids is 1. The highest BCUT2D eigenvalue weighted by molar-refractivity contribution is 7.92. The van der Waals surface area contributed by atoms with E-state index in [0.717, 1.165) is 5.56 Å². The molecule has 2 N–H and O–H groups in total. The Balaban J connectivity index is 1.82. The zero-order valence-corrected chi connectivity index (χ0v) is 17.6. The lowest BCUT2D eigenvalue weighted by molar-refractivity contribution is 0.102. The van der Waals surface area contributed by atoms with Gasteiger partial charge in [-0.3, -0.25) is 9.52 Å². The van der Waals surface area contributed by atoms with Crippen LogP contribution in [-0.4, -0.2) is 28.5 Å². The lowest BCUT2D eigenvalue weighted by Gasteiger charge is -2.14. The van der Waals surface area contributed by atoms with Crippen molar-refractivity contribution >= 4 is 27.3 Å². The number of sulfonamides is 1. The average molecular weight is 426 g/mol. The summed E-state index contributed by atoms with van der Waals surface area (Å²) in [6, 6.07) is 17.7. The zero-order chi connectivity index (χ0) is 21.7. The molecule has 0 saturated heterocycles. The molecule has 0 spiro atoms. The number of carbonyl (C=O) groups is 1. The Labute approximate surface area is 175 Å². The predicted octanol–water partition coefficient (Wildman–Crippen LogP) is 4.07. The quantitative estimate of drug-likeness (QED) is 0.594. The van der Waals surface area contributed by atoms with Gasteiger partial charge in [-0.15, -0.1) is 0 Å². The summed E-state index contributed by atoms with van der Waals surface area (Å²) in [5.41, 5.74) is 1.95. The molecule has 7 nitrogen and oxygen atoms in total. The fraction of sp³-hybridized carbons (Fsp3) is 0.136. The van der Waals surface area contributed by atoms with E-state index in [-0.39, 0.29) is 16.5 Å². The number of hydrogen-bond acceptors (Lipinski definition) is 5. The van der Waals surface area contributed by atoms with Crippen LogP contribution < -0.4 is 19.5 Å². The fourth-order valence-corrected chi connectivity index (χ4v) is 3.92. The molecular formula is C22H22N2O5S. The van der Waals surface area contributed by atoms with Crippen molar-refractivity contribution in [1.29, 1.82) is 0 Å². The molecule has 3 aromatic rings. The second-order valence-electron chi connectivity index (χ2n) is 6.48. The van der Waals surface area contributed by atoms with Crippen LogP contribution in [0.3, 0.4) is 0 Å². The van der Waals surface area contributed by atoms with Crippen molar-refractivity contribution in [2.24, 2.45) is 0 Å². The summed E-state index contributed by atoms with van der Waals surface area (Å²) in [6.45, 7) is 1.84. The first-order valence-corrected chi connectivity index (χ1v) is 10.5. The van der Waals surface area contributed by atoms with E-state index in [0.29, 0.717) is 22.7 Å². The molecule has 3 rings (SSSR count). The van der Waals surface area contributed by atoms with Gasteiger partial charge in [0.1, 0.15) is 0 Å². The first-order valence-electron chi connectivity index (χ1n) is 9.06. The van der Waals surface area contributed by atoms with Crippen LogP contribution in [0.15, 0.2) is 71.6 Å². The smallest absolute Gasteiger partial charge is 0.261 e. The molecule has 0 aromatic heterocycles. The molecule has 0 radical (unpaired) electrons. The molecule has 8 heteroatoms. The summed E-state index contributed by atoms with van der Waals surface area (Å²) in [7, 11) is -0.696. The van der Waals surface area contributed by atoms with Gasteiger partial charge < -0.3 is 14.8 Å². The van der Waals surface area contributed by atoms with E-state index >= 15 is 0 Å². The van der Waals surface area contributed by atoms with Gasteiger partial charge in [-0.1, -0.05) is 24.3 Å². The van der Waals surface area contributed by atoms with Crippen molar-refractivity contribution in [3.05, 3.63) is 77.9 Å². The topological polar surface area (TPSA) is 93.7 Å². The number of rotatable bonds is 7. The van der Waals surface area contributed by atoms with Gasteiger partial charge in [0, 0.05) is 23.0 Å². The summed E-state index contributed by atoms with van der Waals surface area (Å²) in [4.78, 5) is 12.9. The molecule has 156 valence electrons. The van der Waals surface area contributed by atoms with Crippen LogP contribution in [0.2, 0.25) is 0 Å². The lowest BCUT2D eigenvalue weighted by atomic mass is 10.1. The number of nitrogens with one attached hydrogen (secondary N) is 2. The highest BCUT2D eigenvalue weighted by Gasteiger charge is 2.16. The van der Waals surface area contributed by atoms with Crippen LogP contribution in [0, 0.1) is 6.92 Å². The van der Waals surface area contributed by atoms with Gasteiger partial charge in [-0.2, -0.15) is 0 Å². The number of anilines is 2. The molecule has 0 aliphatic rings. The largest absolute Gasteiger partial charge is 0.493 e. The molecule has 3 aromatic carbocycles. The van der Waals surface area contributed by atoms with Gasteiger partial charge >= 0.3 is 0 Å². The van der Waals surface area contributed by atoms with E-state index in [4.69, 9.17) is 9.47 Å². The molecule has 0 heterocycles. The first kappa shape index (κ1) is 21.2. The van der Waals surface area contributed by atoms with Crippen LogP contribution in [0.1, 0.15) is 15.9 Å². The SMILES string of the molecule is COc1cc(C)c(NC(=O)c2cccc(NS(=O)(=O)c3ccccc3)c2)cc1OC. The number of hydrogen-bond donors (Lipinski definition) is 2. The fourth-order valence-electron chi connectivity index (χ4n) is 2.85. The van der Waals surface area contributed by atoms with Crippen LogP contribution >= 0.6 is 0 Å². The maximum atomic E-state index is 12.7. The summed E-state index contributed by atoms with van der Waals surface area (Å²) in [6.07, 6.45) is 0. The second kappa shape index (κ2) is 8.87. The molecule has 0 fully saturated rings. The van der Waals surface area contributed by atoms with Crippen molar-refractivity contribution in [1.82, 2.24) is 0 Å². The van der Waals surface area contributed by atoms with E-state index in [9.17, 15) is 13.2 Å². The Hall–Kier alpha value is -3.52. The number of amides is 1. The molecule has 0 saturated carbocycles. The van der Waals surface area contributed by atoms with Gasteiger partial charge in [-0.25, -0.2) is 8.42 Å². The van der Waals surface area contributed by atoms with Crippen LogP contribution in [0.5, 0.6) is 11.5 Å². The van der Waals surface area contributed by atoms with Crippen LogP contribution in [-0.2, 0) is 10.0 Å². The summed E-state index contributed by atoms with van der Waals surface area (Å²) >= 11 is 0. The minimum absolute atomic E-state index is 0.140. The molecule has 1 amide bonds. The van der Waals surface area contributed by atoms with Crippen molar-refractivity contribution in [3.63, 3.8) is 0 Å². The highest BCUT2D eigenvalue weighted by atomic mass is 32.2. The van der Waals surface area contributed by atoms with Crippen LogP contribution in [0.4, 0.5) is 11.4 Å². The molecule has 0 bridgehead atoms. The number of benzene rings is 3. The maximum Gasteiger partial charge on any atom is 0.261 e.